The fourth-order valence-electron chi connectivity index (χ4n) is 1.36. The van der Waals surface area contributed by atoms with Crippen LogP contribution >= 0.6 is 0 Å². The summed E-state index contributed by atoms with van der Waals surface area (Å²) in [5.74, 6) is 0. The van der Waals surface area contributed by atoms with Crippen molar-refractivity contribution in [2.45, 2.75) is 44.8 Å². The second kappa shape index (κ2) is 2.89. The summed E-state index contributed by atoms with van der Waals surface area (Å²) >= 11 is 0. The van der Waals surface area contributed by atoms with E-state index >= 15 is 0 Å². The van der Waals surface area contributed by atoms with Gasteiger partial charge in [-0.1, -0.05) is 6.92 Å². The van der Waals surface area contributed by atoms with Crippen LogP contribution < -0.4 is 0 Å². The molecule has 1 N–H and O–H groups in total. The van der Waals surface area contributed by atoms with Crippen molar-refractivity contribution in [1.82, 2.24) is 0 Å². The summed E-state index contributed by atoms with van der Waals surface area (Å²) in [6.07, 6.45) is 2.87. The van der Waals surface area contributed by atoms with E-state index in [9.17, 15) is 5.11 Å². The predicted molar refractivity (Wildman–Crippen MR) is 39.9 cm³/mol. The number of ether oxygens (including phenoxy) is 1. The van der Waals surface area contributed by atoms with Crippen LogP contribution in [-0.4, -0.2) is 23.4 Å². The lowest BCUT2D eigenvalue weighted by Crippen LogP contribution is -2.37. The van der Waals surface area contributed by atoms with Crippen molar-refractivity contribution >= 4 is 0 Å². The van der Waals surface area contributed by atoms with Gasteiger partial charge in [0.2, 0.25) is 0 Å². The van der Waals surface area contributed by atoms with Gasteiger partial charge in [-0.05, 0) is 19.8 Å². The van der Waals surface area contributed by atoms with E-state index in [0.29, 0.717) is 6.61 Å². The molecule has 0 aromatic carbocycles. The Morgan fingerprint density at radius 2 is 2.40 bits per heavy atom. The SMILES string of the molecule is CCC1CC(C)(O)CCO1. The van der Waals surface area contributed by atoms with Gasteiger partial charge in [-0.15, -0.1) is 0 Å². The van der Waals surface area contributed by atoms with Crippen molar-refractivity contribution in [3.63, 3.8) is 0 Å². The molecule has 0 saturated carbocycles. The molecule has 0 aromatic heterocycles. The van der Waals surface area contributed by atoms with Gasteiger partial charge >= 0.3 is 0 Å². The van der Waals surface area contributed by atoms with Gasteiger partial charge in [0.1, 0.15) is 0 Å². The summed E-state index contributed by atoms with van der Waals surface area (Å²) in [7, 11) is 0. The van der Waals surface area contributed by atoms with E-state index in [0.717, 1.165) is 19.3 Å². The molecule has 0 amide bonds. The first-order valence-corrected chi connectivity index (χ1v) is 3.98. The molecule has 2 heteroatoms. The second-order valence-electron chi connectivity index (χ2n) is 3.35. The van der Waals surface area contributed by atoms with E-state index in [1.165, 1.54) is 0 Å². The van der Waals surface area contributed by atoms with Crippen LogP contribution in [0.25, 0.3) is 0 Å². The van der Waals surface area contributed by atoms with Crippen LogP contribution in [0.4, 0.5) is 0 Å². The molecule has 0 radical (unpaired) electrons. The number of hydrogen-bond donors (Lipinski definition) is 1. The standard InChI is InChI=1S/C8H16O2/c1-3-7-6-8(2,9)4-5-10-7/h7,9H,3-6H2,1-2H3. The number of hydrogen-bond acceptors (Lipinski definition) is 2. The first kappa shape index (κ1) is 8.02. The Kier molecular flexibility index (Phi) is 2.32. The summed E-state index contributed by atoms with van der Waals surface area (Å²) in [5, 5.41) is 9.60. The first-order valence-electron chi connectivity index (χ1n) is 3.98. The Bertz CT molecular complexity index is 110. The molecule has 2 unspecified atom stereocenters. The minimum atomic E-state index is -0.473. The van der Waals surface area contributed by atoms with Gasteiger partial charge in [-0.25, -0.2) is 0 Å². The van der Waals surface area contributed by atoms with E-state index in [-0.39, 0.29) is 6.10 Å². The van der Waals surface area contributed by atoms with Crippen molar-refractivity contribution in [3.05, 3.63) is 0 Å². The minimum Gasteiger partial charge on any atom is -0.390 e. The molecular formula is C8H16O2. The van der Waals surface area contributed by atoms with Crippen LogP contribution in [0.2, 0.25) is 0 Å². The van der Waals surface area contributed by atoms with Crippen LogP contribution in [0.5, 0.6) is 0 Å². The molecule has 0 aliphatic carbocycles. The fourth-order valence-corrected chi connectivity index (χ4v) is 1.36. The molecule has 1 rings (SSSR count). The predicted octanol–water partition coefficient (Wildman–Crippen LogP) is 1.33. The zero-order chi connectivity index (χ0) is 7.61. The smallest absolute Gasteiger partial charge is 0.0666 e. The number of rotatable bonds is 1. The topological polar surface area (TPSA) is 29.5 Å². The fraction of sp³-hybridized carbons (Fsp3) is 1.00. The molecule has 1 saturated heterocycles. The Balaban J connectivity index is 2.40. The van der Waals surface area contributed by atoms with Gasteiger partial charge < -0.3 is 9.84 Å². The molecule has 10 heavy (non-hydrogen) atoms. The van der Waals surface area contributed by atoms with Crippen LogP contribution in [0.3, 0.4) is 0 Å². The van der Waals surface area contributed by atoms with Crippen LogP contribution in [0, 0.1) is 0 Å². The Morgan fingerprint density at radius 3 is 2.80 bits per heavy atom. The summed E-state index contributed by atoms with van der Waals surface area (Å²) in [6, 6.07) is 0. The molecule has 1 heterocycles. The molecule has 1 aliphatic heterocycles. The lowest BCUT2D eigenvalue weighted by molar-refractivity contribution is -0.0939. The van der Waals surface area contributed by atoms with Crippen molar-refractivity contribution < 1.29 is 9.84 Å². The Morgan fingerprint density at radius 1 is 1.70 bits per heavy atom. The van der Waals surface area contributed by atoms with Crippen molar-refractivity contribution in [2.75, 3.05) is 6.61 Å². The lowest BCUT2D eigenvalue weighted by atomic mass is 9.92. The lowest BCUT2D eigenvalue weighted by Gasteiger charge is -2.33. The average Bonchev–Trinajstić information content (AvgIpc) is 1.86. The molecule has 0 spiro atoms. The molecule has 1 aliphatic rings. The van der Waals surface area contributed by atoms with E-state index in [2.05, 4.69) is 6.92 Å². The maximum absolute atomic E-state index is 9.60. The summed E-state index contributed by atoms with van der Waals surface area (Å²) in [4.78, 5) is 0. The highest BCUT2D eigenvalue weighted by Crippen LogP contribution is 2.25. The molecular weight excluding hydrogens is 128 g/mol. The minimum absolute atomic E-state index is 0.281. The molecule has 1 fully saturated rings. The van der Waals surface area contributed by atoms with E-state index in [1.807, 2.05) is 6.92 Å². The third-order valence-corrected chi connectivity index (χ3v) is 2.12. The van der Waals surface area contributed by atoms with Crippen LogP contribution in [-0.2, 0) is 4.74 Å². The van der Waals surface area contributed by atoms with Gasteiger partial charge in [-0.3, -0.25) is 0 Å². The van der Waals surface area contributed by atoms with Crippen LogP contribution in [0.1, 0.15) is 33.1 Å². The van der Waals surface area contributed by atoms with Gasteiger partial charge in [-0.2, -0.15) is 0 Å². The van der Waals surface area contributed by atoms with E-state index in [4.69, 9.17) is 4.74 Å². The highest BCUT2D eigenvalue weighted by Gasteiger charge is 2.29. The average molecular weight is 144 g/mol. The molecule has 0 aromatic rings. The zero-order valence-electron chi connectivity index (χ0n) is 6.76. The second-order valence-corrected chi connectivity index (χ2v) is 3.35. The molecule has 2 atom stereocenters. The first-order chi connectivity index (χ1) is 4.64. The maximum atomic E-state index is 9.60. The van der Waals surface area contributed by atoms with Crippen molar-refractivity contribution in [2.24, 2.45) is 0 Å². The monoisotopic (exact) mass is 144 g/mol. The summed E-state index contributed by atoms with van der Waals surface area (Å²) < 4.78 is 5.40. The molecule has 60 valence electrons. The quantitative estimate of drug-likeness (QED) is 0.601. The van der Waals surface area contributed by atoms with Crippen LogP contribution in [0.15, 0.2) is 0 Å². The van der Waals surface area contributed by atoms with E-state index in [1.54, 1.807) is 0 Å². The summed E-state index contributed by atoms with van der Waals surface area (Å²) in [5.41, 5.74) is -0.473. The molecule has 0 bridgehead atoms. The van der Waals surface area contributed by atoms with Crippen molar-refractivity contribution in [1.29, 1.82) is 0 Å². The van der Waals surface area contributed by atoms with Gasteiger partial charge in [0.05, 0.1) is 11.7 Å². The van der Waals surface area contributed by atoms with Gasteiger partial charge in [0.25, 0.3) is 0 Å². The maximum Gasteiger partial charge on any atom is 0.0666 e. The zero-order valence-corrected chi connectivity index (χ0v) is 6.76. The largest absolute Gasteiger partial charge is 0.390 e. The molecule has 2 nitrogen and oxygen atoms in total. The highest BCUT2D eigenvalue weighted by atomic mass is 16.5. The third kappa shape index (κ3) is 1.96. The Labute approximate surface area is 62.2 Å². The van der Waals surface area contributed by atoms with E-state index < -0.39 is 5.60 Å². The summed E-state index contributed by atoms with van der Waals surface area (Å²) in [6.45, 7) is 4.69. The van der Waals surface area contributed by atoms with Gasteiger partial charge in [0, 0.05) is 13.0 Å². The van der Waals surface area contributed by atoms with Gasteiger partial charge in [0.15, 0.2) is 0 Å². The Hall–Kier alpha value is -0.0800. The van der Waals surface area contributed by atoms with Crippen molar-refractivity contribution in [3.8, 4) is 0 Å². The highest BCUT2D eigenvalue weighted by molar-refractivity contribution is 4.80. The third-order valence-electron chi connectivity index (χ3n) is 2.12. The number of aliphatic hydroxyl groups is 1. The normalized spacial score (nSPS) is 41.7.